The molecule has 3 rings (SSSR count). The molecule has 0 aliphatic heterocycles. The Morgan fingerprint density at radius 2 is 2.29 bits per heavy atom. The maximum atomic E-state index is 5.44. The molecule has 0 spiro atoms. The highest BCUT2D eigenvalue weighted by molar-refractivity contribution is 5.91. The zero-order valence-corrected chi connectivity index (χ0v) is 8.08. The van der Waals surface area contributed by atoms with Gasteiger partial charge in [-0.05, 0) is 37.0 Å². The van der Waals surface area contributed by atoms with Gasteiger partial charge in [0.05, 0.1) is 0 Å². The van der Waals surface area contributed by atoms with Gasteiger partial charge in [0.1, 0.15) is 5.52 Å². The molecule has 0 saturated carbocycles. The van der Waals surface area contributed by atoms with E-state index in [4.69, 9.17) is 4.42 Å². The Morgan fingerprint density at radius 3 is 3.14 bits per heavy atom. The van der Waals surface area contributed by atoms with Crippen molar-refractivity contribution in [2.75, 3.05) is 0 Å². The monoisotopic (exact) mass is 185 g/mol. The molecule has 0 unspecified atom stereocenters. The molecule has 0 atom stereocenters. The molecule has 0 N–H and O–H groups in total. The predicted molar refractivity (Wildman–Crippen MR) is 56.0 cm³/mol. The minimum Gasteiger partial charge on any atom is -0.443 e. The van der Waals surface area contributed by atoms with Gasteiger partial charge in [-0.2, -0.15) is 0 Å². The number of fused-ring (bicyclic) bond motifs is 3. The summed E-state index contributed by atoms with van der Waals surface area (Å²) in [6.45, 7) is 2.08. The highest BCUT2D eigenvalue weighted by atomic mass is 16.3. The van der Waals surface area contributed by atoms with Crippen molar-refractivity contribution in [3.63, 3.8) is 0 Å². The number of nitrogens with zero attached hydrogens (tertiary/aromatic N) is 1. The van der Waals surface area contributed by atoms with Crippen LogP contribution in [0.3, 0.4) is 0 Å². The lowest BCUT2D eigenvalue weighted by Gasteiger charge is -1.99. The van der Waals surface area contributed by atoms with Crippen LogP contribution < -0.4 is 0 Å². The van der Waals surface area contributed by atoms with Crippen LogP contribution in [0.2, 0.25) is 0 Å². The number of hydrogen-bond acceptors (Lipinski definition) is 2. The molecular formula is C12H11NO. The van der Waals surface area contributed by atoms with Crippen molar-refractivity contribution in [2.24, 2.45) is 0 Å². The first-order valence-electron chi connectivity index (χ1n) is 4.91. The second kappa shape index (κ2) is 2.71. The van der Waals surface area contributed by atoms with Crippen molar-refractivity contribution < 1.29 is 4.42 Å². The van der Waals surface area contributed by atoms with Crippen LogP contribution in [0.25, 0.3) is 16.7 Å². The van der Waals surface area contributed by atoms with E-state index < -0.39 is 0 Å². The van der Waals surface area contributed by atoms with Gasteiger partial charge in [-0.25, -0.2) is 4.98 Å². The third-order valence-corrected chi connectivity index (χ3v) is 2.92. The molecule has 70 valence electrons. The molecule has 14 heavy (non-hydrogen) atoms. The van der Waals surface area contributed by atoms with Crippen LogP contribution >= 0.6 is 0 Å². The summed E-state index contributed by atoms with van der Waals surface area (Å²) in [5.41, 5.74) is 5.98. The van der Waals surface area contributed by atoms with E-state index in [0.29, 0.717) is 0 Å². The lowest BCUT2D eigenvalue weighted by molar-refractivity contribution is 0.601. The summed E-state index contributed by atoms with van der Waals surface area (Å²) in [6.07, 6.45) is 5.96. The number of hydrogen-bond donors (Lipinski definition) is 0. The van der Waals surface area contributed by atoms with Crippen LogP contribution in [0.1, 0.15) is 24.5 Å². The zero-order chi connectivity index (χ0) is 9.54. The fraction of sp³-hybridized carbons (Fsp3) is 0.250. The molecule has 0 amide bonds. The summed E-state index contributed by atoms with van der Waals surface area (Å²) < 4.78 is 5.44. The van der Waals surface area contributed by atoms with E-state index >= 15 is 0 Å². The van der Waals surface area contributed by atoms with Gasteiger partial charge in [-0.15, -0.1) is 0 Å². The number of aromatic nitrogens is 1. The van der Waals surface area contributed by atoms with E-state index in [2.05, 4.69) is 24.1 Å². The van der Waals surface area contributed by atoms with Crippen molar-refractivity contribution in [3.8, 4) is 0 Å². The summed E-state index contributed by atoms with van der Waals surface area (Å²) in [7, 11) is 0. The van der Waals surface area contributed by atoms with Gasteiger partial charge in [0, 0.05) is 5.56 Å². The van der Waals surface area contributed by atoms with Gasteiger partial charge < -0.3 is 4.42 Å². The Kier molecular flexibility index (Phi) is 1.51. The van der Waals surface area contributed by atoms with E-state index in [-0.39, 0.29) is 0 Å². The van der Waals surface area contributed by atoms with Crippen LogP contribution in [0.4, 0.5) is 0 Å². The Morgan fingerprint density at radius 1 is 1.36 bits per heavy atom. The van der Waals surface area contributed by atoms with E-state index in [1.807, 2.05) is 6.07 Å². The topological polar surface area (TPSA) is 26.0 Å². The molecule has 2 nitrogen and oxygen atoms in total. The quantitative estimate of drug-likeness (QED) is 0.630. The van der Waals surface area contributed by atoms with Gasteiger partial charge in [-0.3, -0.25) is 0 Å². The van der Waals surface area contributed by atoms with Gasteiger partial charge in [0.2, 0.25) is 0 Å². The van der Waals surface area contributed by atoms with Crippen LogP contribution in [0.15, 0.2) is 29.0 Å². The molecule has 1 aliphatic rings. The smallest absolute Gasteiger partial charge is 0.182 e. The van der Waals surface area contributed by atoms with E-state index in [0.717, 1.165) is 23.9 Å². The highest BCUT2D eigenvalue weighted by Gasteiger charge is 2.20. The Labute approximate surface area is 82.3 Å². The average molecular weight is 185 g/mol. The Balaban J connectivity index is 2.43. The Hall–Kier alpha value is -1.57. The van der Waals surface area contributed by atoms with Crippen molar-refractivity contribution in [3.05, 3.63) is 35.7 Å². The van der Waals surface area contributed by atoms with Crippen molar-refractivity contribution in [1.82, 2.24) is 4.98 Å². The van der Waals surface area contributed by atoms with E-state index in [1.54, 1.807) is 0 Å². The summed E-state index contributed by atoms with van der Waals surface area (Å²) in [5, 5.41) is 0. The fourth-order valence-corrected chi connectivity index (χ4v) is 2.21. The Bertz CT molecular complexity index is 522. The second-order valence-corrected chi connectivity index (χ2v) is 3.61. The summed E-state index contributed by atoms with van der Waals surface area (Å²) in [5.74, 6) is 0. The maximum Gasteiger partial charge on any atom is 0.182 e. The largest absolute Gasteiger partial charge is 0.443 e. The van der Waals surface area contributed by atoms with Crippen LogP contribution in [0, 0.1) is 0 Å². The highest BCUT2D eigenvalue weighted by Crippen LogP contribution is 2.37. The average Bonchev–Trinajstić information content (AvgIpc) is 2.82. The molecule has 1 aliphatic carbocycles. The minimum atomic E-state index is 0.952. The van der Waals surface area contributed by atoms with Crippen molar-refractivity contribution in [2.45, 2.75) is 19.8 Å². The molecule has 0 saturated heterocycles. The lowest BCUT2D eigenvalue weighted by atomic mass is 10.1. The number of aryl methyl sites for hydroxylation is 1. The first-order valence-corrected chi connectivity index (χ1v) is 4.91. The molecule has 1 aromatic carbocycles. The van der Waals surface area contributed by atoms with Crippen molar-refractivity contribution >= 4 is 16.7 Å². The fourth-order valence-electron chi connectivity index (χ4n) is 2.21. The third-order valence-electron chi connectivity index (χ3n) is 2.92. The number of oxazole rings is 1. The number of benzene rings is 1. The molecule has 0 radical (unpaired) electrons. The molecule has 1 aromatic heterocycles. The summed E-state index contributed by atoms with van der Waals surface area (Å²) in [4.78, 5) is 4.17. The SMILES string of the molecule is C/C=C1\CCc2ccc3ncoc3c21. The first-order chi connectivity index (χ1) is 6.90. The van der Waals surface area contributed by atoms with Gasteiger partial charge in [0.25, 0.3) is 0 Å². The molecule has 2 aromatic rings. The van der Waals surface area contributed by atoms with Crippen LogP contribution in [0.5, 0.6) is 0 Å². The van der Waals surface area contributed by atoms with Crippen LogP contribution in [-0.4, -0.2) is 4.98 Å². The normalized spacial score (nSPS) is 17.9. The number of rotatable bonds is 0. The summed E-state index contributed by atoms with van der Waals surface area (Å²) >= 11 is 0. The van der Waals surface area contributed by atoms with Gasteiger partial charge >= 0.3 is 0 Å². The second-order valence-electron chi connectivity index (χ2n) is 3.61. The summed E-state index contributed by atoms with van der Waals surface area (Å²) in [6, 6.07) is 4.20. The lowest BCUT2D eigenvalue weighted by Crippen LogP contribution is -1.81. The van der Waals surface area contributed by atoms with Gasteiger partial charge in [0.15, 0.2) is 12.0 Å². The molecule has 0 fully saturated rings. The molecular weight excluding hydrogens is 174 g/mol. The molecule has 1 heterocycles. The zero-order valence-electron chi connectivity index (χ0n) is 8.08. The number of allylic oxidation sites excluding steroid dienone is 2. The van der Waals surface area contributed by atoms with E-state index in [9.17, 15) is 0 Å². The standard InChI is InChI=1S/C12H11NO/c1-2-8-3-4-9-5-6-10-12(11(8)9)14-7-13-10/h2,5-7H,3-4H2,1H3/b8-2+. The van der Waals surface area contributed by atoms with Crippen molar-refractivity contribution in [1.29, 1.82) is 0 Å². The third kappa shape index (κ3) is 0.882. The maximum absolute atomic E-state index is 5.44. The first kappa shape index (κ1) is 7.80. The van der Waals surface area contributed by atoms with Gasteiger partial charge in [-0.1, -0.05) is 12.1 Å². The molecule has 0 bridgehead atoms. The molecule has 2 heteroatoms. The predicted octanol–water partition coefficient (Wildman–Crippen LogP) is 3.18. The van der Waals surface area contributed by atoms with E-state index in [1.165, 1.54) is 23.1 Å². The van der Waals surface area contributed by atoms with Crippen LogP contribution in [-0.2, 0) is 6.42 Å². The minimum absolute atomic E-state index is 0.952.